The average molecular weight is 305 g/mol. The van der Waals surface area contributed by atoms with Crippen molar-refractivity contribution in [3.8, 4) is 0 Å². The fourth-order valence-electron chi connectivity index (χ4n) is 2.48. The second kappa shape index (κ2) is 5.29. The maximum atomic E-state index is 13.9. The molecule has 1 aromatic carbocycles. The van der Waals surface area contributed by atoms with Gasteiger partial charge in [0.1, 0.15) is 5.82 Å². The van der Waals surface area contributed by atoms with Crippen LogP contribution in [-0.2, 0) is 6.18 Å². The number of β-amino-alcohol motifs (C(OH)–C–C–N with tert-alkyl or cyclic N) is 1. The van der Waals surface area contributed by atoms with E-state index in [1.807, 2.05) is 0 Å². The Labute approximate surface area is 119 Å². The third-order valence-corrected chi connectivity index (χ3v) is 3.50. The molecule has 0 bridgehead atoms. The van der Waals surface area contributed by atoms with Crippen LogP contribution >= 0.6 is 0 Å². The van der Waals surface area contributed by atoms with Crippen LogP contribution in [0.15, 0.2) is 18.2 Å². The lowest BCUT2D eigenvalue weighted by Gasteiger charge is -2.37. The van der Waals surface area contributed by atoms with Crippen molar-refractivity contribution in [2.45, 2.75) is 31.5 Å². The standard InChI is InChI=1S/C14H15F4NO2/c1-13(21)6-3-7-19(8-13)12(20)9-4-2-5-10(11(9)15)14(16,17)18/h2,4-5,21H,3,6-8H2,1H3. The van der Waals surface area contributed by atoms with E-state index in [4.69, 9.17) is 0 Å². The Morgan fingerprint density at radius 2 is 2.05 bits per heavy atom. The van der Waals surface area contributed by atoms with E-state index in [2.05, 4.69) is 0 Å². The van der Waals surface area contributed by atoms with Crippen LogP contribution in [0.3, 0.4) is 0 Å². The van der Waals surface area contributed by atoms with Crippen molar-refractivity contribution in [1.29, 1.82) is 0 Å². The second-order valence-electron chi connectivity index (χ2n) is 5.49. The summed E-state index contributed by atoms with van der Waals surface area (Å²) >= 11 is 0. The van der Waals surface area contributed by atoms with Crippen LogP contribution in [0.25, 0.3) is 0 Å². The topological polar surface area (TPSA) is 40.5 Å². The molecule has 1 aliphatic rings. The first kappa shape index (κ1) is 15.8. The third-order valence-electron chi connectivity index (χ3n) is 3.50. The number of piperidine rings is 1. The molecular formula is C14H15F4NO2. The first-order valence-corrected chi connectivity index (χ1v) is 6.49. The van der Waals surface area contributed by atoms with E-state index in [-0.39, 0.29) is 13.1 Å². The zero-order valence-corrected chi connectivity index (χ0v) is 11.4. The van der Waals surface area contributed by atoms with E-state index in [1.54, 1.807) is 0 Å². The highest BCUT2D eigenvalue weighted by Gasteiger charge is 2.37. The van der Waals surface area contributed by atoms with Crippen molar-refractivity contribution in [2.24, 2.45) is 0 Å². The van der Waals surface area contributed by atoms with E-state index in [9.17, 15) is 27.5 Å². The molecule has 0 radical (unpaired) electrons. The summed E-state index contributed by atoms with van der Waals surface area (Å²) in [5, 5.41) is 9.93. The predicted octanol–water partition coefficient (Wildman–Crippen LogP) is 2.83. The molecule has 116 valence electrons. The number of amides is 1. The molecule has 1 saturated heterocycles. The number of aliphatic hydroxyl groups is 1. The van der Waals surface area contributed by atoms with E-state index >= 15 is 0 Å². The number of hydrogen-bond acceptors (Lipinski definition) is 2. The first-order valence-electron chi connectivity index (χ1n) is 6.49. The van der Waals surface area contributed by atoms with Gasteiger partial charge < -0.3 is 10.0 Å². The van der Waals surface area contributed by atoms with E-state index in [1.165, 1.54) is 11.8 Å². The monoisotopic (exact) mass is 305 g/mol. The van der Waals surface area contributed by atoms with Gasteiger partial charge in [-0.15, -0.1) is 0 Å². The molecule has 1 N–H and O–H groups in total. The molecule has 1 fully saturated rings. The average Bonchev–Trinajstić information content (AvgIpc) is 2.35. The lowest BCUT2D eigenvalue weighted by atomic mass is 9.94. The number of rotatable bonds is 1. The zero-order chi connectivity index (χ0) is 15.8. The molecule has 1 unspecified atom stereocenters. The summed E-state index contributed by atoms with van der Waals surface area (Å²) in [4.78, 5) is 13.4. The van der Waals surface area contributed by atoms with E-state index in [0.717, 1.165) is 12.1 Å². The summed E-state index contributed by atoms with van der Waals surface area (Å²) in [6.07, 6.45) is -3.85. The fourth-order valence-corrected chi connectivity index (χ4v) is 2.48. The molecule has 1 amide bonds. The largest absolute Gasteiger partial charge is 0.419 e. The van der Waals surface area contributed by atoms with Crippen LogP contribution in [0.5, 0.6) is 0 Å². The van der Waals surface area contributed by atoms with Crippen LogP contribution in [0.1, 0.15) is 35.7 Å². The van der Waals surface area contributed by atoms with Crippen molar-refractivity contribution in [2.75, 3.05) is 13.1 Å². The van der Waals surface area contributed by atoms with Crippen LogP contribution in [0, 0.1) is 5.82 Å². The Hall–Kier alpha value is -1.63. The van der Waals surface area contributed by atoms with Gasteiger partial charge in [0, 0.05) is 13.1 Å². The van der Waals surface area contributed by atoms with Crippen molar-refractivity contribution in [3.05, 3.63) is 35.1 Å². The molecule has 1 aromatic rings. The number of likely N-dealkylation sites (tertiary alicyclic amines) is 1. The summed E-state index contributed by atoms with van der Waals surface area (Å²) < 4.78 is 51.9. The summed E-state index contributed by atoms with van der Waals surface area (Å²) in [7, 11) is 0. The molecule has 0 aliphatic carbocycles. The Morgan fingerprint density at radius 3 is 2.62 bits per heavy atom. The van der Waals surface area contributed by atoms with Crippen molar-refractivity contribution < 1.29 is 27.5 Å². The SMILES string of the molecule is CC1(O)CCCN(C(=O)c2cccc(C(F)(F)F)c2F)C1. The summed E-state index contributed by atoms with van der Waals surface area (Å²) in [5.41, 5.74) is -3.19. The zero-order valence-electron chi connectivity index (χ0n) is 11.4. The Morgan fingerprint density at radius 1 is 1.38 bits per heavy atom. The molecule has 21 heavy (non-hydrogen) atoms. The van der Waals surface area contributed by atoms with Crippen molar-refractivity contribution in [1.82, 2.24) is 4.90 Å². The highest BCUT2D eigenvalue weighted by molar-refractivity contribution is 5.94. The molecule has 0 aromatic heterocycles. The van der Waals surface area contributed by atoms with E-state index in [0.29, 0.717) is 18.9 Å². The van der Waals surface area contributed by atoms with Crippen molar-refractivity contribution >= 4 is 5.91 Å². The quantitative estimate of drug-likeness (QED) is 0.811. The van der Waals surface area contributed by atoms with Gasteiger partial charge in [-0.1, -0.05) is 6.07 Å². The molecule has 0 saturated carbocycles. The van der Waals surface area contributed by atoms with Crippen molar-refractivity contribution in [3.63, 3.8) is 0 Å². The van der Waals surface area contributed by atoms with Gasteiger partial charge in [-0.2, -0.15) is 13.2 Å². The number of alkyl halides is 3. The van der Waals surface area contributed by atoms with Gasteiger partial charge in [-0.25, -0.2) is 4.39 Å². The molecule has 1 atom stereocenters. The van der Waals surface area contributed by atoms with Gasteiger partial charge >= 0.3 is 6.18 Å². The van der Waals surface area contributed by atoms with Crippen LogP contribution in [-0.4, -0.2) is 34.6 Å². The minimum absolute atomic E-state index is 0.0263. The Bertz CT molecular complexity index is 554. The van der Waals surface area contributed by atoms with Crippen LogP contribution < -0.4 is 0 Å². The molecule has 2 rings (SSSR count). The molecule has 0 spiro atoms. The maximum Gasteiger partial charge on any atom is 0.419 e. The molecular weight excluding hydrogens is 290 g/mol. The smallest absolute Gasteiger partial charge is 0.388 e. The van der Waals surface area contributed by atoms with Gasteiger partial charge in [0.25, 0.3) is 5.91 Å². The Balaban J connectivity index is 2.32. The third kappa shape index (κ3) is 3.34. The summed E-state index contributed by atoms with van der Waals surface area (Å²) in [6.45, 7) is 1.79. The lowest BCUT2D eigenvalue weighted by Crippen LogP contribution is -2.48. The minimum Gasteiger partial charge on any atom is -0.388 e. The van der Waals surface area contributed by atoms with Gasteiger partial charge in [-0.3, -0.25) is 4.79 Å². The normalized spacial score (nSPS) is 23.2. The number of halogens is 4. The van der Waals surface area contributed by atoms with Gasteiger partial charge in [-0.05, 0) is 31.9 Å². The number of carbonyl (C=O) groups is 1. The molecule has 7 heteroatoms. The second-order valence-corrected chi connectivity index (χ2v) is 5.49. The van der Waals surface area contributed by atoms with Crippen LogP contribution in [0.2, 0.25) is 0 Å². The van der Waals surface area contributed by atoms with Crippen LogP contribution in [0.4, 0.5) is 17.6 Å². The summed E-state index contributed by atoms with van der Waals surface area (Å²) in [6, 6.07) is 2.62. The Kier molecular flexibility index (Phi) is 3.97. The first-order chi connectivity index (χ1) is 9.62. The number of nitrogens with zero attached hydrogens (tertiary/aromatic N) is 1. The van der Waals surface area contributed by atoms with Gasteiger partial charge in [0.05, 0.1) is 16.7 Å². The fraction of sp³-hybridized carbons (Fsp3) is 0.500. The van der Waals surface area contributed by atoms with Gasteiger partial charge in [0.15, 0.2) is 0 Å². The van der Waals surface area contributed by atoms with E-state index < -0.39 is 34.6 Å². The highest BCUT2D eigenvalue weighted by atomic mass is 19.4. The maximum absolute atomic E-state index is 13.9. The predicted molar refractivity (Wildman–Crippen MR) is 67.2 cm³/mol. The number of hydrogen-bond donors (Lipinski definition) is 1. The summed E-state index contributed by atoms with van der Waals surface area (Å²) in [5.74, 6) is -2.40. The highest BCUT2D eigenvalue weighted by Crippen LogP contribution is 2.33. The molecule has 1 aliphatic heterocycles. The van der Waals surface area contributed by atoms with Gasteiger partial charge in [0.2, 0.25) is 0 Å². The lowest BCUT2D eigenvalue weighted by molar-refractivity contribution is -0.140. The molecule has 1 heterocycles. The number of carbonyl (C=O) groups excluding carboxylic acids is 1. The molecule has 3 nitrogen and oxygen atoms in total. The number of benzene rings is 1. The minimum atomic E-state index is -4.85.